The zero-order valence-corrected chi connectivity index (χ0v) is 15.4. The van der Waals surface area contributed by atoms with Crippen molar-refractivity contribution in [2.45, 2.75) is 20.8 Å². The van der Waals surface area contributed by atoms with Gasteiger partial charge in [-0.15, -0.1) is 0 Å². The minimum atomic E-state index is -1.31. The summed E-state index contributed by atoms with van der Waals surface area (Å²) in [6, 6.07) is 19.2. The maximum absolute atomic E-state index is 10.3. The Hall–Kier alpha value is -3.47. The molecule has 0 aliphatic carbocycles. The molecule has 0 fully saturated rings. The Morgan fingerprint density at radius 1 is 0.778 bits per heavy atom. The summed E-state index contributed by atoms with van der Waals surface area (Å²) >= 11 is 0. The van der Waals surface area contributed by atoms with E-state index in [9.17, 15) is 4.79 Å². The number of benzene rings is 2. The Bertz CT molecular complexity index is 1080. The fraction of sp³-hybridized carbons (Fsp3) is 0.136. The Balaban J connectivity index is 0.000000159. The average Bonchev–Trinajstić information content (AvgIpc) is 2.62. The van der Waals surface area contributed by atoms with Gasteiger partial charge in [0, 0.05) is 22.2 Å². The van der Waals surface area contributed by atoms with Crippen molar-refractivity contribution in [1.82, 2.24) is 9.97 Å². The number of ether oxygens (including phenoxy) is 1. The van der Waals surface area contributed by atoms with Crippen molar-refractivity contribution >= 4 is 28.0 Å². The van der Waals surface area contributed by atoms with Gasteiger partial charge in [-0.05, 0) is 63.2 Å². The van der Waals surface area contributed by atoms with Crippen molar-refractivity contribution < 1.29 is 14.6 Å². The molecule has 5 nitrogen and oxygen atoms in total. The maximum Gasteiger partial charge on any atom is 0.511 e. The monoisotopic (exact) mass is 360 g/mol. The number of aryl methyl sites for hydroxylation is 3. The van der Waals surface area contributed by atoms with E-state index < -0.39 is 6.16 Å². The SMILES string of the molecule is Cc1ccc2cc(OC(=O)O)ccc2n1.Cc1ccc2nc(C)ccc2c1. The molecule has 0 aliphatic rings. The summed E-state index contributed by atoms with van der Waals surface area (Å²) in [6.45, 7) is 6.01. The van der Waals surface area contributed by atoms with Crippen LogP contribution in [0.25, 0.3) is 21.8 Å². The van der Waals surface area contributed by atoms with Gasteiger partial charge in [-0.25, -0.2) is 4.79 Å². The third-order valence-corrected chi connectivity index (χ3v) is 3.99. The van der Waals surface area contributed by atoms with E-state index in [0.717, 1.165) is 27.8 Å². The number of carboxylic acid groups (broad SMARTS) is 1. The van der Waals surface area contributed by atoms with Crippen molar-refractivity contribution in [3.05, 3.63) is 77.6 Å². The molecule has 27 heavy (non-hydrogen) atoms. The summed E-state index contributed by atoms with van der Waals surface area (Å²) in [5, 5.41) is 10.5. The molecular formula is C22H20N2O3. The number of fused-ring (bicyclic) bond motifs is 2. The fourth-order valence-corrected chi connectivity index (χ4v) is 2.72. The van der Waals surface area contributed by atoms with E-state index in [4.69, 9.17) is 5.11 Å². The second kappa shape index (κ2) is 7.83. The first kappa shape index (κ1) is 18.3. The largest absolute Gasteiger partial charge is 0.511 e. The molecule has 0 saturated carbocycles. The summed E-state index contributed by atoms with van der Waals surface area (Å²) in [4.78, 5) is 19.0. The normalized spacial score (nSPS) is 10.3. The molecule has 4 aromatic rings. The number of hydrogen-bond donors (Lipinski definition) is 1. The molecule has 0 unspecified atom stereocenters. The van der Waals surface area contributed by atoms with Crippen molar-refractivity contribution in [3.8, 4) is 5.75 Å². The molecule has 0 radical (unpaired) electrons. The summed E-state index contributed by atoms with van der Waals surface area (Å²) in [5.74, 6) is 0.306. The highest BCUT2D eigenvalue weighted by molar-refractivity contribution is 5.81. The van der Waals surface area contributed by atoms with Crippen LogP contribution in [0.5, 0.6) is 5.75 Å². The van der Waals surface area contributed by atoms with E-state index in [2.05, 4.69) is 45.9 Å². The molecular weight excluding hydrogens is 340 g/mol. The molecule has 136 valence electrons. The second-order valence-electron chi connectivity index (χ2n) is 6.32. The summed E-state index contributed by atoms with van der Waals surface area (Å²) in [7, 11) is 0. The van der Waals surface area contributed by atoms with Crippen LogP contribution in [0.2, 0.25) is 0 Å². The number of rotatable bonds is 1. The third-order valence-electron chi connectivity index (χ3n) is 3.99. The molecule has 0 amide bonds. The van der Waals surface area contributed by atoms with Crippen LogP contribution in [-0.2, 0) is 0 Å². The van der Waals surface area contributed by atoms with Crippen LogP contribution in [0.15, 0.2) is 60.7 Å². The van der Waals surface area contributed by atoms with Crippen molar-refractivity contribution in [1.29, 1.82) is 0 Å². The van der Waals surface area contributed by atoms with E-state index in [-0.39, 0.29) is 0 Å². The van der Waals surface area contributed by atoms with Crippen LogP contribution in [0.1, 0.15) is 17.0 Å². The molecule has 0 aliphatic heterocycles. The Kier molecular flexibility index (Phi) is 5.31. The van der Waals surface area contributed by atoms with Crippen molar-refractivity contribution in [2.75, 3.05) is 0 Å². The first-order chi connectivity index (χ1) is 12.9. The predicted molar refractivity (Wildman–Crippen MR) is 106 cm³/mol. The quantitative estimate of drug-likeness (QED) is 0.361. The molecule has 2 aromatic heterocycles. The summed E-state index contributed by atoms with van der Waals surface area (Å²) in [5.41, 5.74) is 5.20. The standard InChI is InChI=1S/C11H9NO3.C11H11N/c1-7-2-3-8-6-9(15-11(13)14)4-5-10(8)12-7;1-8-3-6-11-10(7-8)5-4-9(2)12-11/h2-6H,1H3,(H,13,14);3-7H,1-2H3. The van der Waals surface area contributed by atoms with Crippen LogP contribution in [0.3, 0.4) is 0 Å². The Labute approximate surface area is 157 Å². The van der Waals surface area contributed by atoms with E-state index in [1.807, 2.05) is 32.0 Å². The highest BCUT2D eigenvalue weighted by Crippen LogP contribution is 2.19. The minimum absolute atomic E-state index is 0.306. The van der Waals surface area contributed by atoms with Crippen LogP contribution in [0, 0.1) is 20.8 Å². The molecule has 1 N–H and O–H groups in total. The topological polar surface area (TPSA) is 72.3 Å². The smallest absolute Gasteiger partial charge is 0.449 e. The molecule has 4 rings (SSSR count). The summed E-state index contributed by atoms with van der Waals surface area (Å²) in [6.07, 6.45) is -1.31. The number of nitrogens with zero attached hydrogens (tertiary/aromatic N) is 2. The zero-order chi connectivity index (χ0) is 19.4. The lowest BCUT2D eigenvalue weighted by molar-refractivity contribution is 0.144. The highest BCUT2D eigenvalue weighted by atomic mass is 16.7. The molecule has 2 aromatic carbocycles. The van der Waals surface area contributed by atoms with Gasteiger partial charge in [0.15, 0.2) is 0 Å². The highest BCUT2D eigenvalue weighted by Gasteiger charge is 2.02. The zero-order valence-electron chi connectivity index (χ0n) is 15.4. The number of carbonyl (C=O) groups is 1. The molecule has 0 atom stereocenters. The number of aromatic nitrogens is 2. The fourth-order valence-electron chi connectivity index (χ4n) is 2.72. The lowest BCUT2D eigenvalue weighted by Gasteiger charge is -2.02. The van der Waals surface area contributed by atoms with E-state index in [1.165, 1.54) is 10.9 Å². The first-order valence-electron chi connectivity index (χ1n) is 8.53. The molecule has 2 heterocycles. The van der Waals surface area contributed by atoms with Gasteiger partial charge in [-0.1, -0.05) is 23.8 Å². The van der Waals surface area contributed by atoms with Gasteiger partial charge in [0.05, 0.1) is 11.0 Å². The molecule has 5 heteroatoms. The van der Waals surface area contributed by atoms with E-state index in [1.54, 1.807) is 18.2 Å². The van der Waals surface area contributed by atoms with Crippen LogP contribution >= 0.6 is 0 Å². The van der Waals surface area contributed by atoms with Crippen molar-refractivity contribution in [2.24, 2.45) is 0 Å². The van der Waals surface area contributed by atoms with Crippen LogP contribution < -0.4 is 4.74 Å². The summed E-state index contributed by atoms with van der Waals surface area (Å²) < 4.78 is 4.54. The maximum atomic E-state index is 10.3. The lowest BCUT2D eigenvalue weighted by Crippen LogP contribution is -2.02. The van der Waals surface area contributed by atoms with Gasteiger partial charge in [-0.3, -0.25) is 9.97 Å². The van der Waals surface area contributed by atoms with Gasteiger partial charge < -0.3 is 9.84 Å². The molecule has 0 bridgehead atoms. The van der Waals surface area contributed by atoms with Crippen LogP contribution in [-0.4, -0.2) is 21.2 Å². The van der Waals surface area contributed by atoms with E-state index >= 15 is 0 Å². The van der Waals surface area contributed by atoms with Gasteiger partial charge in [0.2, 0.25) is 0 Å². The lowest BCUT2D eigenvalue weighted by atomic mass is 10.1. The Morgan fingerprint density at radius 2 is 1.33 bits per heavy atom. The predicted octanol–water partition coefficient (Wildman–Crippen LogP) is 5.45. The average molecular weight is 360 g/mol. The minimum Gasteiger partial charge on any atom is -0.449 e. The van der Waals surface area contributed by atoms with E-state index in [0.29, 0.717) is 5.75 Å². The number of pyridine rings is 2. The van der Waals surface area contributed by atoms with Crippen LogP contribution in [0.4, 0.5) is 4.79 Å². The Morgan fingerprint density at radius 3 is 1.93 bits per heavy atom. The third kappa shape index (κ3) is 4.79. The molecule has 0 saturated heterocycles. The molecule has 0 spiro atoms. The van der Waals surface area contributed by atoms with Gasteiger partial charge >= 0.3 is 6.16 Å². The van der Waals surface area contributed by atoms with Gasteiger partial charge in [0.1, 0.15) is 5.75 Å². The number of hydrogen-bond acceptors (Lipinski definition) is 4. The van der Waals surface area contributed by atoms with Crippen molar-refractivity contribution in [3.63, 3.8) is 0 Å². The van der Waals surface area contributed by atoms with Gasteiger partial charge in [-0.2, -0.15) is 0 Å². The first-order valence-corrected chi connectivity index (χ1v) is 8.53. The second-order valence-corrected chi connectivity index (χ2v) is 6.32. The van der Waals surface area contributed by atoms with Gasteiger partial charge in [0.25, 0.3) is 0 Å².